The summed E-state index contributed by atoms with van der Waals surface area (Å²) in [5.74, 6) is -0.503. The van der Waals surface area contributed by atoms with E-state index in [4.69, 9.17) is 0 Å². The van der Waals surface area contributed by atoms with Gasteiger partial charge in [0.1, 0.15) is 11.5 Å². The molecule has 1 aliphatic heterocycles. The fraction of sp³-hybridized carbons (Fsp3) is 0.278. The molecule has 1 aromatic carbocycles. The number of rotatable bonds is 5. The third-order valence-electron chi connectivity index (χ3n) is 4.33. The van der Waals surface area contributed by atoms with Crippen molar-refractivity contribution in [1.82, 2.24) is 20.1 Å². The normalized spacial score (nSPS) is 14.0. The van der Waals surface area contributed by atoms with Crippen LogP contribution in [0.15, 0.2) is 42.6 Å². The summed E-state index contributed by atoms with van der Waals surface area (Å²) in [4.78, 5) is 14.8. The van der Waals surface area contributed by atoms with E-state index in [1.165, 1.54) is 36.3 Å². The second kappa shape index (κ2) is 7.25. The number of halogens is 1. The maximum absolute atomic E-state index is 13.0. The highest BCUT2D eigenvalue weighted by atomic mass is 32.1. The Morgan fingerprint density at radius 3 is 2.62 bits per heavy atom. The lowest BCUT2D eigenvalue weighted by atomic mass is 10.2. The highest BCUT2D eigenvalue weighted by molar-refractivity contribution is 7.17. The molecular weight excluding hydrogens is 353 g/mol. The first kappa shape index (κ1) is 16.7. The molecule has 0 spiro atoms. The predicted octanol–water partition coefficient (Wildman–Crippen LogP) is 3.00. The number of anilines is 1. The van der Waals surface area contributed by atoms with Crippen LogP contribution in [-0.4, -0.2) is 33.8 Å². The summed E-state index contributed by atoms with van der Waals surface area (Å²) in [6.45, 7) is 2.34. The van der Waals surface area contributed by atoms with Crippen LogP contribution in [0.25, 0.3) is 5.13 Å². The van der Waals surface area contributed by atoms with Crippen LogP contribution in [0.1, 0.15) is 28.9 Å². The number of carbonyl (C=O) groups is 1. The Bertz CT molecular complexity index is 898. The molecule has 0 bridgehead atoms. The average Bonchev–Trinajstić information content (AvgIpc) is 3.41. The summed E-state index contributed by atoms with van der Waals surface area (Å²) in [5.41, 5.74) is 1.33. The van der Waals surface area contributed by atoms with Crippen molar-refractivity contribution in [2.45, 2.75) is 19.4 Å². The van der Waals surface area contributed by atoms with Crippen LogP contribution in [-0.2, 0) is 6.54 Å². The highest BCUT2D eigenvalue weighted by Gasteiger charge is 2.19. The molecule has 0 aliphatic carbocycles. The molecule has 2 aromatic heterocycles. The Morgan fingerprint density at radius 2 is 1.85 bits per heavy atom. The lowest BCUT2D eigenvalue weighted by molar-refractivity contribution is 0.0944. The molecule has 1 N–H and O–H groups in total. The van der Waals surface area contributed by atoms with Crippen LogP contribution in [0.4, 0.5) is 9.52 Å². The van der Waals surface area contributed by atoms with E-state index in [1.807, 2.05) is 6.07 Å². The summed E-state index contributed by atoms with van der Waals surface area (Å²) in [7, 11) is 0. The van der Waals surface area contributed by atoms with Crippen molar-refractivity contribution >= 4 is 22.4 Å². The van der Waals surface area contributed by atoms with E-state index < -0.39 is 0 Å². The van der Waals surface area contributed by atoms with E-state index in [9.17, 15) is 9.18 Å². The van der Waals surface area contributed by atoms with Gasteiger partial charge in [0, 0.05) is 25.8 Å². The van der Waals surface area contributed by atoms with Crippen LogP contribution in [0.2, 0.25) is 0 Å². The molecule has 8 heteroatoms. The van der Waals surface area contributed by atoms with Gasteiger partial charge in [-0.25, -0.2) is 4.39 Å². The van der Waals surface area contributed by atoms with Gasteiger partial charge in [0.25, 0.3) is 5.91 Å². The first-order valence-electron chi connectivity index (χ1n) is 8.49. The van der Waals surface area contributed by atoms with E-state index in [1.54, 1.807) is 29.0 Å². The number of aromatic nitrogens is 3. The molecule has 1 aliphatic rings. The molecule has 3 heterocycles. The van der Waals surface area contributed by atoms with E-state index in [0.29, 0.717) is 17.4 Å². The first-order valence-corrected chi connectivity index (χ1v) is 9.31. The number of benzene rings is 1. The van der Waals surface area contributed by atoms with Gasteiger partial charge in [0.15, 0.2) is 0 Å². The third-order valence-corrected chi connectivity index (χ3v) is 5.32. The summed E-state index contributed by atoms with van der Waals surface area (Å²) in [6.07, 6.45) is 4.16. The van der Waals surface area contributed by atoms with Crippen molar-refractivity contribution in [3.05, 3.63) is 59.7 Å². The van der Waals surface area contributed by atoms with Crippen LogP contribution in [0.5, 0.6) is 0 Å². The Morgan fingerprint density at radius 1 is 1.12 bits per heavy atom. The average molecular weight is 371 g/mol. The van der Waals surface area contributed by atoms with Gasteiger partial charge in [-0.3, -0.25) is 9.36 Å². The zero-order valence-electron chi connectivity index (χ0n) is 14.1. The highest BCUT2D eigenvalue weighted by Crippen LogP contribution is 2.27. The SMILES string of the molecule is O=C(NCc1ccc(F)cc1)c1cccn1-c1nnc(N2CCCC2)s1. The van der Waals surface area contributed by atoms with Crippen LogP contribution in [0, 0.1) is 5.82 Å². The number of carbonyl (C=O) groups excluding carboxylic acids is 1. The molecule has 1 saturated heterocycles. The molecule has 26 heavy (non-hydrogen) atoms. The fourth-order valence-electron chi connectivity index (χ4n) is 2.95. The number of hydrogen-bond acceptors (Lipinski definition) is 5. The smallest absolute Gasteiger partial charge is 0.268 e. The number of nitrogens with one attached hydrogen (secondary N) is 1. The first-order chi connectivity index (χ1) is 12.7. The van der Waals surface area contributed by atoms with E-state index >= 15 is 0 Å². The van der Waals surface area contributed by atoms with Gasteiger partial charge in [-0.15, -0.1) is 10.2 Å². The van der Waals surface area contributed by atoms with Crippen molar-refractivity contribution in [2.75, 3.05) is 18.0 Å². The number of nitrogens with zero attached hydrogens (tertiary/aromatic N) is 4. The van der Waals surface area contributed by atoms with Crippen molar-refractivity contribution in [3.63, 3.8) is 0 Å². The molecule has 4 rings (SSSR count). The van der Waals surface area contributed by atoms with Gasteiger partial charge in [-0.1, -0.05) is 23.5 Å². The minimum Gasteiger partial charge on any atom is -0.347 e. The van der Waals surface area contributed by atoms with Crippen LogP contribution >= 0.6 is 11.3 Å². The third kappa shape index (κ3) is 3.45. The summed E-state index contributed by atoms with van der Waals surface area (Å²) in [5, 5.41) is 12.9. The molecule has 0 unspecified atom stereocenters. The van der Waals surface area contributed by atoms with E-state index in [-0.39, 0.29) is 11.7 Å². The van der Waals surface area contributed by atoms with Gasteiger partial charge in [-0.2, -0.15) is 0 Å². The molecule has 1 amide bonds. The molecule has 3 aromatic rings. The molecule has 0 radical (unpaired) electrons. The maximum Gasteiger partial charge on any atom is 0.268 e. The van der Waals surface area contributed by atoms with Crippen molar-refractivity contribution in [1.29, 1.82) is 0 Å². The van der Waals surface area contributed by atoms with Gasteiger partial charge < -0.3 is 10.2 Å². The van der Waals surface area contributed by atoms with Crippen LogP contribution < -0.4 is 10.2 Å². The van der Waals surface area contributed by atoms with Gasteiger partial charge >= 0.3 is 0 Å². The lowest BCUT2D eigenvalue weighted by Gasteiger charge is -2.11. The summed E-state index contributed by atoms with van der Waals surface area (Å²) >= 11 is 1.48. The fourth-order valence-corrected chi connectivity index (χ4v) is 3.85. The van der Waals surface area contributed by atoms with Crippen molar-refractivity contribution in [2.24, 2.45) is 0 Å². The van der Waals surface area contributed by atoms with E-state index in [2.05, 4.69) is 20.4 Å². The quantitative estimate of drug-likeness (QED) is 0.749. The van der Waals surface area contributed by atoms with Gasteiger partial charge in [0.05, 0.1) is 0 Å². The van der Waals surface area contributed by atoms with E-state index in [0.717, 1.165) is 23.8 Å². The number of amides is 1. The maximum atomic E-state index is 13.0. The molecule has 0 saturated carbocycles. The molecule has 1 fully saturated rings. The molecule has 134 valence electrons. The van der Waals surface area contributed by atoms with Crippen molar-refractivity contribution in [3.8, 4) is 5.13 Å². The van der Waals surface area contributed by atoms with Crippen LogP contribution in [0.3, 0.4) is 0 Å². The minimum absolute atomic E-state index is 0.211. The Kier molecular flexibility index (Phi) is 4.66. The molecule has 6 nitrogen and oxygen atoms in total. The minimum atomic E-state index is -0.293. The Hall–Kier alpha value is -2.74. The monoisotopic (exact) mass is 371 g/mol. The number of hydrogen-bond donors (Lipinski definition) is 1. The zero-order valence-corrected chi connectivity index (χ0v) is 14.9. The Labute approximate surface area is 154 Å². The van der Waals surface area contributed by atoms with Crippen molar-refractivity contribution < 1.29 is 9.18 Å². The summed E-state index contributed by atoms with van der Waals surface area (Å²) < 4.78 is 14.7. The lowest BCUT2D eigenvalue weighted by Crippen LogP contribution is -2.25. The second-order valence-electron chi connectivity index (χ2n) is 6.13. The predicted molar refractivity (Wildman–Crippen MR) is 98.3 cm³/mol. The zero-order chi connectivity index (χ0) is 17.9. The summed E-state index contributed by atoms with van der Waals surface area (Å²) in [6, 6.07) is 9.63. The second-order valence-corrected chi connectivity index (χ2v) is 7.07. The molecule has 0 atom stereocenters. The molecular formula is C18H18FN5OS. The Balaban J connectivity index is 1.47. The largest absolute Gasteiger partial charge is 0.347 e. The van der Waals surface area contributed by atoms with Gasteiger partial charge in [-0.05, 0) is 42.7 Å². The van der Waals surface area contributed by atoms with Gasteiger partial charge in [0.2, 0.25) is 10.3 Å². The topological polar surface area (TPSA) is 63.1 Å². The standard InChI is InChI=1S/C18H18FN5OS/c19-14-7-5-13(6-8-14)12-20-16(25)15-4-3-11-24(15)18-22-21-17(26-18)23-9-1-2-10-23/h3-8,11H,1-2,9-10,12H2,(H,20,25).